The van der Waals surface area contributed by atoms with Gasteiger partial charge in [0.25, 0.3) is 11.8 Å². The van der Waals surface area contributed by atoms with E-state index < -0.39 is 0 Å². The maximum absolute atomic E-state index is 12.6. The summed E-state index contributed by atoms with van der Waals surface area (Å²) in [6.45, 7) is 2.00. The highest BCUT2D eigenvalue weighted by Gasteiger charge is 2.17. The van der Waals surface area contributed by atoms with Crippen LogP contribution in [0.3, 0.4) is 0 Å². The van der Waals surface area contributed by atoms with E-state index in [1.54, 1.807) is 55.6 Å². The lowest BCUT2D eigenvalue weighted by molar-refractivity contribution is 0.0857. The molecule has 0 saturated carbocycles. The van der Waals surface area contributed by atoms with Crippen LogP contribution >= 0.6 is 12.2 Å². The van der Waals surface area contributed by atoms with Crippen LogP contribution in [0.15, 0.2) is 48.5 Å². The van der Waals surface area contributed by atoms with Crippen molar-refractivity contribution in [1.29, 1.82) is 0 Å². The average Bonchev–Trinajstić information content (AvgIpc) is 3.32. The number of amides is 2. The Morgan fingerprint density at radius 1 is 1.09 bits per heavy atom. The molecule has 2 aromatic rings. The summed E-state index contributed by atoms with van der Waals surface area (Å²) in [5, 5.41) is 8.60. The molecule has 3 N–H and O–H groups in total. The number of rotatable bonds is 9. The van der Waals surface area contributed by atoms with E-state index in [0.717, 1.165) is 19.4 Å². The zero-order valence-electron chi connectivity index (χ0n) is 17.9. The number of thiocarbonyl (C=S) groups is 1. The summed E-state index contributed by atoms with van der Waals surface area (Å²) in [4.78, 5) is 24.9. The Morgan fingerprint density at radius 3 is 2.59 bits per heavy atom. The van der Waals surface area contributed by atoms with E-state index >= 15 is 0 Å². The SMILES string of the molecule is COCCOc1ccccc1C(=O)NC(=S)Nc1ccc(C(=O)NCC2CCCO2)cc1. The molecular weight excluding hydrogens is 430 g/mol. The van der Waals surface area contributed by atoms with Crippen molar-refractivity contribution >= 4 is 34.8 Å². The third kappa shape index (κ3) is 7.01. The first-order valence-electron chi connectivity index (χ1n) is 10.4. The molecule has 0 aliphatic carbocycles. The van der Waals surface area contributed by atoms with Gasteiger partial charge in [0.05, 0.1) is 18.3 Å². The van der Waals surface area contributed by atoms with Crippen molar-refractivity contribution in [2.75, 3.05) is 38.8 Å². The maximum Gasteiger partial charge on any atom is 0.261 e. The molecular formula is C23H27N3O5S. The topological polar surface area (TPSA) is 97.9 Å². The lowest BCUT2D eigenvalue weighted by atomic mass is 10.2. The van der Waals surface area contributed by atoms with Gasteiger partial charge in [-0.25, -0.2) is 0 Å². The molecule has 9 heteroatoms. The van der Waals surface area contributed by atoms with Crippen molar-refractivity contribution in [1.82, 2.24) is 10.6 Å². The highest BCUT2D eigenvalue weighted by Crippen LogP contribution is 2.18. The molecule has 0 spiro atoms. The molecule has 32 heavy (non-hydrogen) atoms. The molecule has 0 aromatic heterocycles. The van der Waals surface area contributed by atoms with Gasteiger partial charge < -0.3 is 24.8 Å². The molecule has 2 aromatic carbocycles. The Balaban J connectivity index is 1.50. The number of methoxy groups -OCH3 is 1. The monoisotopic (exact) mass is 457 g/mol. The van der Waals surface area contributed by atoms with Crippen LogP contribution in [-0.4, -0.2) is 56.5 Å². The van der Waals surface area contributed by atoms with Crippen molar-refractivity contribution in [2.24, 2.45) is 0 Å². The molecule has 1 fully saturated rings. The Labute approximate surface area is 192 Å². The summed E-state index contributed by atoms with van der Waals surface area (Å²) in [6.07, 6.45) is 2.09. The van der Waals surface area contributed by atoms with E-state index in [4.69, 9.17) is 26.4 Å². The fourth-order valence-electron chi connectivity index (χ4n) is 3.17. The maximum atomic E-state index is 12.6. The van der Waals surface area contributed by atoms with Gasteiger partial charge in [-0.2, -0.15) is 0 Å². The highest BCUT2D eigenvalue weighted by atomic mass is 32.1. The summed E-state index contributed by atoms with van der Waals surface area (Å²) in [5.74, 6) is -0.100. The third-order valence-electron chi connectivity index (χ3n) is 4.82. The lowest BCUT2D eigenvalue weighted by Gasteiger charge is -2.13. The Morgan fingerprint density at radius 2 is 1.88 bits per heavy atom. The van der Waals surface area contributed by atoms with E-state index in [-0.39, 0.29) is 23.0 Å². The highest BCUT2D eigenvalue weighted by molar-refractivity contribution is 7.80. The average molecular weight is 458 g/mol. The van der Waals surface area contributed by atoms with Gasteiger partial charge in [0.15, 0.2) is 5.11 Å². The van der Waals surface area contributed by atoms with Crippen molar-refractivity contribution in [3.05, 3.63) is 59.7 Å². The van der Waals surface area contributed by atoms with Crippen molar-refractivity contribution in [2.45, 2.75) is 18.9 Å². The second-order valence-electron chi connectivity index (χ2n) is 7.17. The number of hydrogen-bond donors (Lipinski definition) is 3. The van der Waals surface area contributed by atoms with Gasteiger partial charge in [-0.15, -0.1) is 0 Å². The van der Waals surface area contributed by atoms with Crippen molar-refractivity contribution in [3.8, 4) is 5.75 Å². The number of carbonyl (C=O) groups excluding carboxylic acids is 2. The number of carbonyl (C=O) groups is 2. The Bertz CT molecular complexity index is 929. The summed E-state index contributed by atoms with van der Waals surface area (Å²) in [6, 6.07) is 13.7. The first kappa shape index (κ1) is 23.6. The zero-order valence-corrected chi connectivity index (χ0v) is 18.7. The third-order valence-corrected chi connectivity index (χ3v) is 5.03. The number of para-hydroxylation sites is 1. The molecule has 1 unspecified atom stereocenters. The van der Waals surface area contributed by atoms with E-state index in [1.807, 2.05) is 0 Å². The van der Waals surface area contributed by atoms with Crippen LogP contribution in [0.5, 0.6) is 5.75 Å². The normalized spacial score (nSPS) is 15.1. The quantitative estimate of drug-likeness (QED) is 0.393. The fraction of sp³-hybridized carbons (Fsp3) is 0.348. The van der Waals surface area contributed by atoms with Crippen LogP contribution in [0.2, 0.25) is 0 Å². The molecule has 1 aliphatic heterocycles. The van der Waals surface area contributed by atoms with Crippen LogP contribution < -0.4 is 20.7 Å². The predicted molar refractivity (Wildman–Crippen MR) is 125 cm³/mol. The number of ether oxygens (including phenoxy) is 3. The Hall–Kier alpha value is -3.01. The smallest absolute Gasteiger partial charge is 0.261 e. The minimum absolute atomic E-state index is 0.0939. The van der Waals surface area contributed by atoms with Crippen LogP contribution in [-0.2, 0) is 9.47 Å². The summed E-state index contributed by atoms with van der Waals surface area (Å²) in [5.41, 5.74) is 1.55. The van der Waals surface area contributed by atoms with Gasteiger partial charge in [-0.3, -0.25) is 14.9 Å². The van der Waals surface area contributed by atoms with Crippen LogP contribution in [0.1, 0.15) is 33.6 Å². The van der Waals surface area contributed by atoms with Gasteiger partial charge in [0.2, 0.25) is 0 Å². The zero-order chi connectivity index (χ0) is 22.8. The summed E-state index contributed by atoms with van der Waals surface area (Å²) in [7, 11) is 1.58. The van der Waals surface area contributed by atoms with Gasteiger partial charge in [0, 0.05) is 31.5 Å². The molecule has 2 amide bonds. The standard InChI is InChI=1S/C23H27N3O5S/c1-29-13-14-31-20-7-3-2-6-19(20)22(28)26-23(32)25-17-10-8-16(9-11-17)21(27)24-15-18-5-4-12-30-18/h2-3,6-11,18H,4-5,12-15H2,1H3,(H,24,27)(H2,25,26,28,32). The largest absolute Gasteiger partial charge is 0.490 e. The molecule has 8 nitrogen and oxygen atoms in total. The molecule has 1 heterocycles. The molecule has 0 radical (unpaired) electrons. The molecule has 1 saturated heterocycles. The minimum atomic E-state index is -0.388. The van der Waals surface area contributed by atoms with Gasteiger partial charge in [-0.05, 0) is 61.5 Å². The van der Waals surface area contributed by atoms with Gasteiger partial charge in [0.1, 0.15) is 12.4 Å². The van der Waals surface area contributed by atoms with Crippen LogP contribution in [0.25, 0.3) is 0 Å². The number of benzene rings is 2. The minimum Gasteiger partial charge on any atom is -0.490 e. The first-order chi connectivity index (χ1) is 15.6. The van der Waals surface area contributed by atoms with E-state index in [2.05, 4.69) is 16.0 Å². The van der Waals surface area contributed by atoms with Crippen molar-refractivity contribution in [3.63, 3.8) is 0 Å². The van der Waals surface area contributed by atoms with E-state index in [1.165, 1.54) is 0 Å². The molecule has 1 atom stereocenters. The van der Waals surface area contributed by atoms with E-state index in [0.29, 0.717) is 42.3 Å². The summed E-state index contributed by atoms with van der Waals surface area (Å²) >= 11 is 5.25. The van der Waals surface area contributed by atoms with Crippen LogP contribution in [0, 0.1) is 0 Å². The fourth-order valence-corrected chi connectivity index (χ4v) is 3.38. The Kier molecular flexibility index (Phi) is 8.97. The summed E-state index contributed by atoms with van der Waals surface area (Å²) < 4.78 is 16.1. The van der Waals surface area contributed by atoms with Crippen LogP contribution in [0.4, 0.5) is 5.69 Å². The molecule has 3 rings (SSSR count). The number of hydrogen-bond acceptors (Lipinski definition) is 6. The lowest BCUT2D eigenvalue weighted by Crippen LogP contribution is -2.34. The predicted octanol–water partition coefficient (Wildman–Crippen LogP) is 2.75. The van der Waals surface area contributed by atoms with Gasteiger partial charge >= 0.3 is 0 Å². The molecule has 1 aliphatic rings. The first-order valence-corrected chi connectivity index (χ1v) is 10.8. The van der Waals surface area contributed by atoms with Crippen molar-refractivity contribution < 1.29 is 23.8 Å². The van der Waals surface area contributed by atoms with E-state index in [9.17, 15) is 9.59 Å². The second kappa shape index (κ2) is 12.1. The molecule has 170 valence electrons. The number of anilines is 1. The molecule has 0 bridgehead atoms. The second-order valence-corrected chi connectivity index (χ2v) is 7.58. The van der Waals surface area contributed by atoms with Gasteiger partial charge in [-0.1, -0.05) is 12.1 Å². The number of nitrogens with one attached hydrogen (secondary N) is 3.